The Balaban J connectivity index is 2.02. The predicted octanol–water partition coefficient (Wildman–Crippen LogP) is 2.10. The lowest BCUT2D eigenvalue weighted by Gasteiger charge is -2.46. The van der Waals surface area contributed by atoms with E-state index in [-0.39, 0.29) is 0 Å². The number of nitrogens with zero attached hydrogens (tertiary/aromatic N) is 1. The minimum atomic E-state index is 0.473. The van der Waals surface area contributed by atoms with Crippen LogP contribution >= 0.6 is 0 Å². The van der Waals surface area contributed by atoms with Crippen molar-refractivity contribution >= 4 is 5.78 Å². The van der Waals surface area contributed by atoms with Crippen LogP contribution < -0.4 is 0 Å². The van der Waals surface area contributed by atoms with Crippen LogP contribution in [0.5, 0.6) is 0 Å². The van der Waals surface area contributed by atoms with Gasteiger partial charge in [-0.2, -0.15) is 0 Å². The van der Waals surface area contributed by atoms with Gasteiger partial charge in [0.05, 0.1) is 6.61 Å². The number of piperidine rings is 1. The first-order valence-electron chi connectivity index (χ1n) is 6.99. The van der Waals surface area contributed by atoms with Gasteiger partial charge in [-0.15, -0.1) is 0 Å². The standard InChI is InChI=1S/C14H25NO2/c1-3-6-15-9-11(10-17-2)7-12-8-13(16)4-5-14(12)15/h11-12,14H,3-10H2,1-2H3/t11-,12+,14-/m0/s1. The van der Waals surface area contributed by atoms with Gasteiger partial charge in [0, 0.05) is 32.5 Å². The van der Waals surface area contributed by atoms with Crippen LogP contribution in [0.4, 0.5) is 0 Å². The SMILES string of the molecule is CCCN1C[C@@H](COC)C[C@@H]2CC(=O)CC[C@@H]21. The van der Waals surface area contributed by atoms with Gasteiger partial charge in [-0.1, -0.05) is 6.92 Å². The molecule has 0 aromatic heterocycles. The summed E-state index contributed by atoms with van der Waals surface area (Å²) in [4.78, 5) is 14.2. The van der Waals surface area contributed by atoms with Crippen LogP contribution in [0.3, 0.4) is 0 Å². The van der Waals surface area contributed by atoms with Gasteiger partial charge in [0.15, 0.2) is 0 Å². The molecule has 2 aliphatic rings. The molecule has 1 aliphatic heterocycles. The van der Waals surface area contributed by atoms with Crippen LogP contribution in [0.25, 0.3) is 0 Å². The molecule has 0 unspecified atom stereocenters. The van der Waals surface area contributed by atoms with Crippen LogP contribution in [0.1, 0.15) is 39.0 Å². The van der Waals surface area contributed by atoms with E-state index in [2.05, 4.69) is 11.8 Å². The van der Waals surface area contributed by atoms with E-state index in [9.17, 15) is 4.79 Å². The quantitative estimate of drug-likeness (QED) is 0.752. The molecular formula is C14H25NO2. The minimum Gasteiger partial charge on any atom is -0.384 e. The van der Waals surface area contributed by atoms with Crippen LogP contribution in [0.15, 0.2) is 0 Å². The van der Waals surface area contributed by atoms with E-state index in [1.807, 2.05) is 0 Å². The molecule has 2 fully saturated rings. The number of likely N-dealkylation sites (tertiary alicyclic amines) is 1. The summed E-state index contributed by atoms with van der Waals surface area (Å²) >= 11 is 0. The van der Waals surface area contributed by atoms with E-state index in [0.29, 0.717) is 23.7 Å². The molecule has 98 valence electrons. The second kappa shape index (κ2) is 5.96. The molecule has 3 heteroatoms. The van der Waals surface area contributed by atoms with E-state index in [4.69, 9.17) is 4.74 Å². The third kappa shape index (κ3) is 3.08. The average Bonchev–Trinajstić information content (AvgIpc) is 2.29. The third-order valence-electron chi connectivity index (χ3n) is 4.26. The molecule has 1 saturated heterocycles. The second-order valence-corrected chi connectivity index (χ2v) is 5.66. The molecule has 17 heavy (non-hydrogen) atoms. The van der Waals surface area contributed by atoms with Gasteiger partial charge < -0.3 is 4.74 Å². The first kappa shape index (κ1) is 13.0. The van der Waals surface area contributed by atoms with Gasteiger partial charge in [0.2, 0.25) is 0 Å². The number of carbonyl (C=O) groups is 1. The van der Waals surface area contributed by atoms with Gasteiger partial charge >= 0.3 is 0 Å². The maximum absolute atomic E-state index is 11.6. The molecule has 0 aromatic rings. The molecule has 0 amide bonds. The van der Waals surface area contributed by atoms with Crippen molar-refractivity contribution in [3.05, 3.63) is 0 Å². The van der Waals surface area contributed by atoms with Crippen molar-refractivity contribution in [3.8, 4) is 0 Å². The molecule has 0 N–H and O–H groups in total. The Labute approximate surface area is 105 Å². The number of Topliss-reactive ketones (excluding diaryl/α,β-unsaturated/α-hetero) is 1. The summed E-state index contributed by atoms with van der Waals surface area (Å²) in [5.41, 5.74) is 0. The number of methoxy groups -OCH3 is 1. The monoisotopic (exact) mass is 239 g/mol. The molecular weight excluding hydrogens is 214 g/mol. The minimum absolute atomic E-state index is 0.473. The molecule has 2 rings (SSSR count). The fourth-order valence-corrected chi connectivity index (χ4v) is 3.67. The van der Waals surface area contributed by atoms with Gasteiger partial charge in [0.1, 0.15) is 5.78 Å². The zero-order valence-corrected chi connectivity index (χ0v) is 11.2. The Morgan fingerprint density at radius 1 is 1.47 bits per heavy atom. The van der Waals surface area contributed by atoms with E-state index >= 15 is 0 Å². The molecule has 3 nitrogen and oxygen atoms in total. The fourth-order valence-electron chi connectivity index (χ4n) is 3.67. The maximum atomic E-state index is 11.6. The van der Waals surface area contributed by atoms with Crippen LogP contribution in [-0.4, -0.2) is 43.5 Å². The highest BCUT2D eigenvalue weighted by Gasteiger charge is 2.38. The highest BCUT2D eigenvalue weighted by Crippen LogP contribution is 2.36. The molecule has 1 saturated carbocycles. The molecule has 0 bridgehead atoms. The van der Waals surface area contributed by atoms with E-state index < -0.39 is 0 Å². The number of hydrogen-bond donors (Lipinski definition) is 0. The predicted molar refractivity (Wildman–Crippen MR) is 68.0 cm³/mol. The first-order chi connectivity index (χ1) is 8.24. The number of hydrogen-bond acceptors (Lipinski definition) is 3. The summed E-state index contributed by atoms with van der Waals surface area (Å²) in [6.45, 7) is 5.42. The van der Waals surface area contributed by atoms with Gasteiger partial charge in [-0.05, 0) is 37.6 Å². The zero-order valence-electron chi connectivity index (χ0n) is 11.2. The Bertz CT molecular complexity index is 267. The topological polar surface area (TPSA) is 29.5 Å². The van der Waals surface area contributed by atoms with E-state index in [1.165, 1.54) is 19.4 Å². The number of ketones is 1. The van der Waals surface area contributed by atoms with Crippen molar-refractivity contribution in [1.82, 2.24) is 4.90 Å². The highest BCUT2D eigenvalue weighted by atomic mass is 16.5. The largest absolute Gasteiger partial charge is 0.384 e. The highest BCUT2D eigenvalue weighted by molar-refractivity contribution is 5.79. The van der Waals surface area contributed by atoms with Crippen LogP contribution in [0, 0.1) is 11.8 Å². The number of rotatable bonds is 4. The summed E-state index contributed by atoms with van der Waals surface area (Å²) in [7, 11) is 1.78. The molecule has 0 aromatic carbocycles. The molecule has 1 heterocycles. The summed E-state index contributed by atoms with van der Waals surface area (Å²) in [6.07, 6.45) is 5.09. The maximum Gasteiger partial charge on any atom is 0.133 e. The van der Waals surface area contributed by atoms with Crippen molar-refractivity contribution in [2.45, 2.75) is 45.1 Å². The summed E-state index contributed by atoms with van der Waals surface area (Å²) < 4.78 is 5.30. The lowest BCUT2D eigenvalue weighted by atomic mass is 9.74. The fraction of sp³-hybridized carbons (Fsp3) is 0.929. The van der Waals surface area contributed by atoms with Crippen molar-refractivity contribution < 1.29 is 9.53 Å². The first-order valence-corrected chi connectivity index (χ1v) is 6.99. The average molecular weight is 239 g/mol. The number of carbonyl (C=O) groups excluding carboxylic acids is 1. The molecule has 1 aliphatic carbocycles. The van der Waals surface area contributed by atoms with Gasteiger partial charge in [-0.3, -0.25) is 9.69 Å². The molecule has 0 spiro atoms. The van der Waals surface area contributed by atoms with Crippen molar-refractivity contribution in [1.29, 1.82) is 0 Å². The van der Waals surface area contributed by atoms with Crippen LogP contribution in [0.2, 0.25) is 0 Å². The summed E-state index contributed by atoms with van der Waals surface area (Å²) in [5.74, 6) is 1.69. The Kier molecular flexibility index (Phi) is 4.57. The summed E-state index contributed by atoms with van der Waals surface area (Å²) in [5, 5.41) is 0. The Morgan fingerprint density at radius 2 is 2.29 bits per heavy atom. The van der Waals surface area contributed by atoms with Crippen molar-refractivity contribution in [2.75, 3.05) is 26.8 Å². The van der Waals surface area contributed by atoms with Crippen LogP contribution in [-0.2, 0) is 9.53 Å². The second-order valence-electron chi connectivity index (χ2n) is 5.66. The zero-order chi connectivity index (χ0) is 12.3. The van der Waals surface area contributed by atoms with Gasteiger partial charge in [0.25, 0.3) is 0 Å². The lowest BCUT2D eigenvalue weighted by molar-refractivity contribution is -0.125. The third-order valence-corrected chi connectivity index (χ3v) is 4.26. The number of ether oxygens (including phenoxy) is 1. The van der Waals surface area contributed by atoms with Gasteiger partial charge in [-0.25, -0.2) is 0 Å². The Hall–Kier alpha value is -0.410. The van der Waals surface area contributed by atoms with E-state index in [1.54, 1.807) is 7.11 Å². The van der Waals surface area contributed by atoms with E-state index in [0.717, 1.165) is 32.4 Å². The number of fused-ring (bicyclic) bond motifs is 1. The van der Waals surface area contributed by atoms with Crippen molar-refractivity contribution in [2.24, 2.45) is 11.8 Å². The smallest absolute Gasteiger partial charge is 0.133 e. The normalized spacial score (nSPS) is 34.7. The lowest BCUT2D eigenvalue weighted by Crippen LogP contribution is -2.52. The van der Waals surface area contributed by atoms with Crippen molar-refractivity contribution in [3.63, 3.8) is 0 Å². The Morgan fingerprint density at radius 3 is 3.00 bits per heavy atom. The molecule has 0 radical (unpaired) electrons. The molecule has 3 atom stereocenters. The summed E-state index contributed by atoms with van der Waals surface area (Å²) in [6, 6.07) is 0.667.